The maximum atomic E-state index is 16.8. The summed E-state index contributed by atoms with van der Waals surface area (Å²) in [7, 11) is 1.26. The summed E-state index contributed by atoms with van der Waals surface area (Å²) in [5.41, 5.74) is 11.3. The molecule has 3 aliphatic heterocycles. The van der Waals surface area contributed by atoms with E-state index in [9.17, 15) is 19.5 Å². The van der Waals surface area contributed by atoms with Crippen molar-refractivity contribution in [3.63, 3.8) is 0 Å². The lowest BCUT2D eigenvalue weighted by Gasteiger charge is -2.31. The van der Waals surface area contributed by atoms with Crippen LogP contribution in [0.4, 0.5) is 9.18 Å². The van der Waals surface area contributed by atoms with E-state index < -0.39 is 30.2 Å². The Labute approximate surface area is 363 Å². The molecule has 6 N–H and O–H groups in total. The predicted octanol–water partition coefficient (Wildman–Crippen LogP) is 7.56. The number of hydrogen-bond donors (Lipinski definition) is 5. The lowest BCUT2D eigenvalue weighted by atomic mass is 10.0. The van der Waals surface area contributed by atoms with Crippen molar-refractivity contribution in [2.45, 2.75) is 83.8 Å². The second-order valence-electron chi connectivity index (χ2n) is 17.4. The number of carbonyl (C=O) groups excluding carboxylic acids is 3. The van der Waals surface area contributed by atoms with Gasteiger partial charge in [0.25, 0.3) is 0 Å². The largest absolute Gasteiger partial charge is 0.508 e. The number of aromatic amines is 2. The van der Waals surface area contributed by atoms with Crippen LogP contribution in [0.1, 0.15) is 88.9 Å². The van der Waals surface area contributed by atoms with Crippen LogP contribution >= 0.6 is 0 Å². The SMILES string of the molecule is COC(=O)N[C@H](C(=O)N1CCC[C@H]1c1ncc(-c2cc(F)c3c(c2)OC(c2cccc(O)c2)n2c-3cc3cc(-c4cnc([C@@H]5CCCN5C(=O)[C@@H](N)C(C)C)[nH]4)ccc32)[nH]1)C(C)C. The Hall–Kier alpha value is -6.68. The minimum atomic E-state index is -0.778. The maximum Gasteiger partial charge on any atom is 0.407 e. The van der Waals surface area contributed by atoms with E-state index in [1.54, 1.807) is 41.6 Å². The van der Waals surface area contributed by atoms with Crippen LogP contribution in [0.15, 0.2) is 73.1 Å². The number of halogens is 1. The van der Waals surface area contributed by atoms with Crippen molar-refractivity contribution in [3.8, 4) is 45.3 Å². The molecular formula is C47H52FN9O6. The number of amides is 3. The van der Waals surface area contributed by atoms with Gasteiger partial charge < -0.3 is 50.0 Å². The monoisotopic (exact) mass is 857 g/mol. The fourth-order valence-electron chi connectivity index (χ4n) is 9.29. The lowest BCUT2D eigenvalue weighted by molar-refractivity contribution is -0.136. The highest BCUT2D eigenvalue weighted by molar-refractivity contribution is 5.93. The van der Waals surface area contributed by atoms with Gasteiger partial charge in [-0.1, -0.05) is 45.9 Å². The van der Waals surface area contributed by atoms with Gasteiger partial charge in [-0.3, -0.25) is 9.59 Å². The quantitative estimate of drug-likeness (QED) is 0.0923. The normalized spacial score (nSPS) is 19.3. The number of nitrogens with zero attached hydrogens (tertiary/aromatic N) is 5. The van der Waals surface area contributed by atoms with E-state index >= 15 is 4.39 Å². The van der Waals surface area contributed by atoms with Crippen molar-refractivity contribution in [1.29, 1.82) is 0 Å². The smallest absolute Gasteiger partial charge is 0.407 e. The number of aromatic nitrogens is 5. The summed E-state index contributed by atoms with van der Waals surface area (Å²) in [6, 6.07) is 16.0. The van der Waals surface area contributed by atoms with Crippen LogP contribution in [0, 0.1) is 17.7 Å². The molecule has 2 fully saturated rings. The molecule has 3 aromatic carbocycles. The van der Waals surface area contributed by atoms with Crippen molar-refractivity contribution in [2.24, 2.45) is 17.6 Å². The average Bonchev–Trinajstić information content (AvgIpc) is 4.13. The van der Waals surface area contributed by atoms with E-state index in [1.165, 1.54) is 13.2 Å². The van der Waals surface area contributed by atoms with Crippen LogP contribution in [0.3, 0.4) is 0 Å². The van der Waals surface area contributed by atoms with E-state index in [1.807, 2.05) is 67.5 Å². The first-order chi connectivity index (χ1) is 30.3. The molecule has 3 aliphatic rings. The van der Waals surface area contributed by atoms with Crippen molar-refractivity contribution in [3.05, 3.63) is 96.1 Å². The number of phenolic OH excluding ortho intramolecular Hbond substituents is 1. The fraction of sp³-hybridized carbons (Fsp3) is 0.383. The van der Waals surface area contributed by atoms with Crippen molar-refractivity contribution in [1.82, 2.24) is 39.6 Å². The Morgan fingerprint density at radius 2 is 1.54 bits per heavy atom. The molecule has 328 valence electrons. The number of phenols is 1. The molecule has 0 bridgehead atoms. The summed E-state index contributed by atoms with van der Waals surface area (Å²) >= 11 is 0. The minimum Gasteiger partial charge on any atom is -0.508 e. The van der Waals surface area contributed by atoms with E-state index in [-0.39, 0.29) is 47.0 Å². The van der Waals surface area contributed by atoms with Crippen molar-refractivity contribution < 1.29 is 33.4 Å². The van der Waals surface area contributed by atoms with Gasteiger partial charge in [-0.2, -0.15) is 0 Å². The Bertz CT molecular complexity index is 2720. The van der Waals surface area contributed by atoms with Gasteiger partial charge in [0.1, 0.15) is 35.0 Å². The van der Waals surface area contributed by atoms with E-state index in [4.69, 9.17) is 20.2 Å². The Morgan fingerprint density at radius 3 is 2.17 bits per heavy atom. The van der Waals surface area contributed by atoms with Crippen LogP contribution < -0.4 is 15.8 Å². The number of aromatic hydroxyl groups is 1. The van der Waals surface area contributed by atoms with Gasteiger partial charge in [0.15, 0.2) is 0 Å². The van der Waals surface area contributed by atoms with Crippen LogP contribution in [-0.2, 0) is 14.3 Å². The molecule has 3 aromatic heterocycles. The second kappa shape index (κ2) is 16.5. The highest BCUT2D eigenvalue weighted by Crippen LogP contribution is 2.48. The molecule has 9 rings (SSSR count). The zero-order chi connectivity index (χ0) is 44.3. The number of carbonyl (C=O) groups is 3. The molecule has 15 nitrogen and oxygen atoms in total. The second-order valence-corrected chi connectivity index (χ2v) is 17.4. The molecule has 2 saturated heterocycles. The van der Waals surface area contributed by atoms with Crippen molar-refractivity contribution >= 4 is 28.8 Å². The van der Waals surface area contributed by atoms with Crippen LogP contribution in [0.5, 0.6) is 11.5 Å². The number of benzene rings is 3. The number of alkyl carbamates (subject to hydrolysis) is 1. The molecule has 5 atom stereocenters. The molecule has 0 spiro atoms. The third-order valence-electron chi connectivity index (χ3n) is 12.7. The third-order valence-corrected chi connectivity index (χ3v) is 12.7. The van der Waals surface area contributed by atoms with E-state index in [2.05, 4.69) is 20.3 Å². The van der Waals surface area contributed by atoms with E-state index in [0.717, 1.165) is 41.4 Å². The molecular weight excluding hydrogens is 806 g/mol. The summed E-state index contributed by atoms with van der Waals surface area (Å²) in [5, 5.41) is 14.1. The molecule has 6 aromatic rings. The van der Waals surface area contributed by atoms with Crippen LogP contribution in [-0.4, -0.2) is 89.6 Å². The standard InChI is InChI=1S/C47H52FN9O6/c1-24(2)40(49)44(59)55-15-7-11-35(55)42-50-22-32(52-42)26-13-14-34-29(17-26)20-37-39-31(48)19-28(21-38(39)63-46(57(34)37)27-9-6-10-30(58)18-27)33-23-51-43(53-33)36-12-8-16-56(36)45(60)41(25(3)4)54-47(61)62-5/h6,9-10,13-14,17-25,35-36,40-41,46,58H,7-8,11-12,15-16,49H2,1-5H3,(H,50,52)(H,51,53)(H,54,61)/t35-,36-,40-,41-,46?/m0/s1. The molecule has 16 heteroatoms. The van der Waals surface area contributed by atoms with Gasteiger partial charge in [-0.25, -0.2) is 19.2 Å². The fourth-order valence-corrected chi connectivity index (χ4v) is 9.29. The summed E-state index contributed by atoms with van der Waals surface area (Å²) in [6.07, 6.45) is 5.03. The maximum absolute atomic E-state index is 16.8. The molecule has 3 amide bonds. The summed E-state index contributed by atoms with van der Waals surface area (Å²) in [6.45, 7) is 8.75. The van der Waals surface area contributed by atoms with E-state index in [0.29, 0.717) is 59.4 Å². The van der Waals surface area contributed by atoms with Gasteiger partial charge >= 0.3 is 6.09 Å². The van der Waals surface area contributed by atoms with Gasteiger partial charge in [0, 0.05) is 35.2 Å². The number of ether oxygens (including phenoxy) is 2. The first-order valence-corrected chi connectivity index (χ1v) is 21.6. The number of fused-ring (bicyclic) bond motifs is 5. The molecule has 63 heavy (non-hydrogen) atoms. The Kier molecular flexibility index (Phi) is 10.9. The number of likely N-dealkylation sites (tertiary alicyclic amines) is 2. The number of rotatable bonds is 10. The first-order valence-electron chi connectivity index (χ1n) is 21.6. The number of imidazole rings is 2. The number of hydrogen-bond acceptors (Lipinski definition) is 9. The zero-order valence-electron chi connectivity index (χ0n) is 35.9. The number of methoxy groups -OCH3 is 1. The summed E-state index contributed by atoms with van der Waals surface area (Å²) in [4.78, 5) is 58.9. The molecule has 0 aliphatic carbocycles. The van der Waals surface area contributed by atoms with Gasteiger partial charge in [0.05, 0.1) is 65.8 Å². The molecule has 0 radical (unpaired) electrons. The molecule has 6 heterocycles. The molecule has 1 unspecified atom stereocenters. The Balaban J connectivity index is 1.05. The highest BCUT2D eigenvalue weighted by atomic mass is 19.1. The number of H-pyrrole nitrogens is 2. The average molecular weight is 858 g/mol. The third kappa shape index (κ3) is 7.55. The highest BCUT2D eigenvalue weighted by Gasteiger charge is 2.39. The molecule has 0 saturated carbocycles. The summed E-state index contributed by atoms with van der Waals surface area (Å²) in [5.74, 6) is 0.672. The van der Waals surface area contributed by atoms with Gasteiger partial charge in [0.2, 0.25) is 18.0 Å². The minimum absolute atomic E-state index is 0.0205. The zero-order valence-corrected chi connectivity index (χ0v) is 35.9. The van der Waals surface area contributed by atoms with Gasteiger partial charge in [-0.15, -0.1) is 0 Å². The van der Waals surface area contributed by atoms with Crippen LogP contribution in [0.2, 0.25) is 0 Å². The van der Waals surface area contributed by atoms with Crippen LogP contribution in [0.25, 0.3) is 44.7 Å². The Morgan fingerprint density at radius 1 is 0.873 bits per heavy atom. The lowest BCUT2D eigenvalue weighted by Crippen LogP contribution is -2.51. The van der Waals surface area contributed by atoms with Gasteiger partial charge in [-0.05, 0) is 80.0 Å². The number of nitrogens with two attached hydrogens (primary N) is 1. The topological polar surface area (TPSA) is 197 Å². The van der Waals surface area contributed by atoms with Crippen molar-refractivity contribution in [2.75, 3.05) is 20.2 Å². The first kappa shape index (κ1) is 41.7. The summed E-state index contributed by atoms with van der Waals surface area (Å²) < 4.78 is 30.2. The predicted molar refractivity (Wildman–Crippen MR) is 234 cm³/mol. The number of nitrogens with one attached hydrogen (secondary N) is 3.